The Morgan fingerprint density at radius 1 is 1.20 bits per heavy atom. The molecule has 2 atom stereocenters. The van der Waals surface area contributed by atoms with E-state index in [1.54, 1.807) is 24.3 Å². The molecular formula is C16H16N2O6S. The van der Waals surface area contributed by atoms with Crippen molar-refractivity contribution in [2.45, 2.75) is 25.3 Å². The maximum atomic E-state index is 12.4. The lowest BCUT2D eigenvalue weighted by Crippen LogP contribution is -2.74. The lowest BCUT2D eigenvalue weighted by atomic mass is 10.0. The summed E-state index contributed by atoms with van der Waals surface area (Å²) in [7, 11) is -3.79. The number of hydrogen-bond acceptors (Lipinski definition) is 5. The molecule has 1 saturated heterocycles. The summed E-state index contributed by atoms with van der Waals surface area (Å²) >= 11 is 0. The van der Waals surface area contributed by atoms with Gasteiger partial charge in [-0.1, -0.05) is 17.7 Å². The molecule has 2 aliphatic rings. The highest BCUT2D eigenvalue weighted by atomic mass is 32.2. The number of nitrogens with one attached hydrogen (secondary N) is 1. The third kappa shape index (κ3) is 2.70. The number of benzene rings is 1. The van der Waals surface area contributed by atoms with Crippen LogP contribution in [0.1, 0.15) is 22.8 Å². The molecule has 0 bridgehead atoms. The second-order valence-corrected chi connectivity index (χ2v) is 8.25. The molecule has 1 aromatic rings. The normalized spacial score (nSPS) is 24.4. The van der Waals surface area contributed by atoms with Gasteiger partial charge in [0.05, 0.1) is 5.75 Å². The van der Waals surface area contributed by atoms with Crippen LogP contribution in [0.3, 0.4) is 0 Å². The number of hydrogen-bond donors (Lipinski definition) is 2. The second-order valence-electron chi connectivity index (χ2n) is 6.16. The third-order valence-electron chi connectivity index (χ3n) is 4.28. The van der Waals surface area contributed by atoms with E-state index in [1.807, 2.05) is 6.92 Å². The van der Waals surface area contributed by atoms with E-state index in [9.17, 15) is 27.9 Å². The minimum atomic E-state index is -3.79. The van der Waals surface area contributed by atoms with Crippen molar-refractivity contribution in [3.05, 3.63) is 46.7 Å². The number of fused-ring (bicyclic) bond motifs is 1. The Bertz CT molecular complexity index is 916. The summed E-state index contributed by atoms with van der Waals surface area (Å²) in [6, 6.07) is 5.27. The van der Waals surface area contributed by atoms with Gasteiger partial charge in [-0.2, -0.15) is 0 Å². The van der Waals surface area contributed by atoms with Gasteiger partial charge in [-0.3, -0.25) is 14.5 Å². The van der Waals surface area contributed by atoms with E-state index in [0.717, 1.165) is 10.5 Å². The average molecular weight is 364 g/mol. The number of carbonyl (C=O) groups excluding carboxylic acids is 2. The zero-order valence-electron chi connectivity index (χ0n) is 13.5. The Morgan fingerprint density at radius 2 is 1.80 bits per heavy atom. The monoisotopic (exact) mass is 364 g/mol. The molecule has 132 valence electrons. The summed E-state index contributed by atoms with van der Waals surface area (Å²) in [5.41, 5.74) is 1.00. The van der Waals surface area contributed by atoms with E-state index in [4.69, 9.17) is 0 Å². The van der Waals surface area contributed by atoms with Crippen molar-refractivity contribution in [2.75, 3.05) is 5.75 Å². The molecule has 1 unspecified atom stereocenters. The fourth-order valence-corrected chi connectivity index (χ4v) is 5.12. The number of aliphatic carboxylic acids is 1. The van der Waals surface area contributed by atoms with Crippen molar-refractivity contribution in [1.29, 1.82) is 0 Å². The van der Waals surface area contributed by atoms with Crippen LogP contribution < -0.4 is 5.32 Å². The number of carbonyl (C=O) groups is 3. The Kier molecular flexibility index (Phi) is 3.91. The average Bonchev–Trinajstić information content (AvgIpc) is 2.51. The van der Waals surface area contributed by atoms with E-state index in [0.29, 0.717) is 0 Å². The molecule has 3 rings (SSSR count). The molecular weight excluding hydrogens is 348 g/mol. The van der Waals surface area contributed by atoms with E-state index >= 15 is 0 Å². The topological polar surface area (TPSA) is 121 Å². The van der Waals surface area contributed by atoms with Gasteiger partial charge in [-0.25, -0.2) is 13.2 Å². The third-order valence-corrected chi connectivity index (χ3v) is 6.33. The molecule has 2 amide bonds. The van der Waals surface area contributed by atoms with Crippen molar-refractivity contribution < 1.29 is 27.9 Å². The quantitative estimate of drug-likeness (QED) is 0.731. The number of carboxylic acid groups (broad SMARTS) is 1. The van der Waals surface area contributed by atoms with Gasteiger partial charge < -0.3 is 10.4 Å². The molecule has 0 spiro atoms. The molecule has 1 fully saturated rings. The Hall–Kier alpha value is -2.68. The van der Waals surface area contributed by atoms with Crippen LogP contribution >= 0.6 is 0 Å². The highest BCUT2D eigenvalue weighted by molar-refractivity contribution is 7.92. The first-order chi connectivity index (χ1) is 11.6. The van der Waals surface area contributed by atoms with Crippen LogP contribution in [0.4, 0.5) is 0 Å². The van der Waals surface area contributed by atoms with Crippen molar-refractivity contribution in [2.24, 2.45) is 0 Å². The van der Waals surface area contributed by atoms with Crippen LogP contribution in [-0.2, 0) is 19.4 Å². The first-order valence-corrected chi connectivity index (χ1v) is 9.20. The number of sulfone groups is 1. The summed E-state index contributed by atoms with van der Waals surface area (Å²) in [5.74, 6) is -3.16. The van der Waals surface area contributed by atoms with Crippen LogP contribution in [0, 0.1) is 6.92 Å². The van der Waals surface area contributed by atoms with Crippen LogP contribution in [0.25, 0.3) is 0 Å². The van der Waals surface area contributed by atoms with Crippen molar-refractivity contribution in [3.63, 3.8) is 0 Å². The predicted octanol–water partition coefficient (Wildman–Crippen LogP) is 0.0487. The number of aryl methyl sites for hydroxylation is 1. The predicted molar refractivity (Wildman–Crippen MR) is 87.2 cm³/mol. The minimum Gasteiger partial charge on any atom is -0.477 e. The highest BCUT2D eigenvalue weighted by Gasteiger charge is 2.60. The maximum Gasteiger partial charge on any atom is 0.352 e. The molecule has 0 aromatic heterocycles. The van der Waals surface area contributed by atoms with Crippen molar-refractivity contribution in [3.8, 4) is 0 Å². The maximum absolute atomic E-state index is 12.4. The number of rotatable bonds is 3. The first kappa shape index (κ1) is 17.2. The van der Waals surface area contributed by atoms with Gasteiger partial charge in [-0.05, 0) is 31.6 Å². The molecule has 1 aromatic carbocycles. The van der Waals surface area contributed by atoms with Gasteiger partial charge >= 0.3 is 5.97 Å². The van der Waals surface area contributed by atoms with E-state index in [1.165, 1.54) is 6.92 Å². The Balaban J connectivity index is 1.89. The molecule has 0 aliphatic carbocycles. The molecule has 0 saturated carbocycles. The summed E-state index contributed by atoms with van der Waals surface area (Å²) in [5, 5.41) is 10.3. The van der Waals surface area contributed by atoms with Crippen LogP contribution in [0.5, 0.6) is 0 Å². The van der Waals surface area contributed by atoms with E-state index < -0.39 is 44.8 Å². The summed E-state index contributed by atoms with van der Waals surface area (Å²) in [6.45, 7) is 3.22. The molecule has 8 nitrogen and oxygen atoms in total. The SMILES string of the molecule is CC1=C(C(=O)O)N2C(=O)C(NC(=O)c3ccc(C)cc3)[C@H]2S(=O)(=O)C1. The van der Waals surface area contributed by atoms with Gasteiger partial charge in [-0.15, -0.1) is 0 Å². The molecule has 2 heterocycles. The van der Waals surface area contributed by atoms with Crippen molar-refractivity contribution in [1.82, 2.24) is 10.2 Å². The first-order valence-electron chi connectivity index (χ1n) is 7.48. The largest absolute Gasteiger partial charge is 0.477 e. The summed E-state index contributed by atoms with van der Waals surface area (Å²) in [6.07, 6.45) is 0. The molecule has 2 aliphatic heterocycles. The second kappa shape index (κ2) is 5.69. The fraction of sp³-hybridized carbons (Fsp3) is 0.312. The Morgan fingerprint density at radius 3 is 2.36 bits per heavy atom. The molecule has 2 N–H and O–H groups in total. The molecule has 0 radical (unpaired) electrons. The number of carboxylic acids is 1. The number of β-lactam (4-membered cyclic amide) rings is 1. The molecule has 9 heteroatoms. The summed E-state index contributed by atoms with van der Waals surface area (Å²) < 4.78 is 24.7. The van der Waals surface area contributed by atoms with Crippen LogP contribution in [0.15, 0.2) is 35.5 Å². The number of nitrogens with zero attached hydrogens (tertiary/aromatic N) is 1. The standard InChI is InChI=1S/C16H16N2O6S/c1-8-3-5-10(6-4-8)13(19)17-11-14(20)18-12(16(21)22)9(2)7-25(23,24)15(11)18/h3-6,11,15H,7H2,1-2H3,(H,17,19)(H,21,22)/t11?,15-/m1/s1. The lowest BCUT2D eigenvalue weighted by molar-refractivity contribution is -0.149. The lowest BCUT2D eigenvalue weighted by Gasteiger charge is -2.48. The van der Waals surface area contributed by atoms with E-state index in [2.05, 4.69) is 5.32 Å². The van der Waals surface area contributed by atoms with Gasteiger partial charge in [0.15, 0.2) is 15.2 Å². The van der Waals surface area contributed by atoms with E-state index in [-0.39, 0.29) is 16.8 Å². The number of amides is 2. The van der Waals surface area contributed by atoms with Crippen molar-refractivity contribution >= 4 is 27.6 Å². The van der Waals surface area contributed by atoms with Crippen LogP contribution in [-0.4, -0.2) is 53.4 Å². The minimum absolute atomic E-state index is 0.0976. The Labute approximate surface area is 144 Å². The van der Waals surface area contributed by atoms with Gasteiger partial charge in [0, 0.05) is 5.56 Å². The van der Waals surface area contributed by atoms with Crippen LogP contribution in [0.2, 0.25) is 0 Å². The highest BCUT2D eigenvalue weighted by Crippen LogP contribution is 2.36. The molecule has 25 heavy (non-hydrogen) atoms. The zero-order valence-corrected chi connectivity index (χ0v) is 14.3. The zero-order chi connectivity index (χ0) is 18.5. The smallest absolute Gasteiger partial charge is 0.352 e. The fourth-order valence-electron chi connectivity index (χ4n) is 3.08. The van der Waals surface area contributed by atoms with Gasteiger partial charge in [0.25, 0.3) is 11.8 Å². The summed E-state index contributed by atoms with van der Waals surface area (Å²) in [4.78, 5) is 36.7. The van der Waals surface area contributed by atoms with Gasteiger partial charge in [0.2, 0.25) is 0 Å². The van der Waals surface area contributed by atoms with Gasteiger partial charge in [0.1, 0.15) is 11.7 Å².